The molecule has 1 fully saturated rings. The summed E-state index contributed by atoms with van der Waals surface area (Å²) in [5, 5.41) is 3.54. The second kappa shape index (κ2) is 9.40. The minimum absolute atomic E-state index is 0.140. The summed E-state index contributed by atoms with van der Waals surface area (Å²) in [4.78, 5) is 19.8. The molecule has 2 aliphatic rings. The van der Waals surface area contributed by atoms with Crippen LogP contribution in [-0.4, -0.2) is 50.0 Å². The summed E-state index contributed by atoms with van der Waals surface area (Å²) in [6.45, 7) is 2.76. The van der Waals surface area contributed by atoms with Gasteiger partial charge in [0.05, 0.1) is 19.3 Å². The molecule has 1 saturated heterocycles. The third kappa shape index (κ3) is 5.63. The van der Waals surface area contributed by atoms with E-state index in [-0.39, 0.29) is 5.56 Å². The van der Waals surface area contributed by atoms with Gasteiger partial charge in [-0.25, -0.2) is 4.39 Å². The van der Waals surface area contributed by atoms with Crippen LogP contribution in [0.3, 0.4) is 0 Å². The second-order valence-corrected chi connectivity index (χ2v) is 7.89. The van der Waals surface area contributed by atoms with E-state index in [2.05, 4.69) is 5.32 Å². The Labute approximate surface area is 188 Å². The molecule has 1 atom stereocenters. The summed E-state index contributed by atoms with van der Waals surface area (Å²) in [6.07, 6.45) is -1.71. The van der Waals surface area contributed by atoms with E-state index in [1.54, 1.807) is 31.2 Å². The highest BCUT2D eigenvalue weighted by molar-refractivity contribution is 6.05. The van der Waals surface area contributed by atoms with Crippen LogP contribution in [0.1, 0.15) is 27.5 Å². The molecule has 0 spiro atoms. The number of amides is 1. The van der Waals surface area contributed by atoms with Gasteiger partial charge in [0.25, 0.3) is 5.91 Å². The number of morpholine rings is 1. The van der Waals surface area contributed by atoms with Gasteiger partial charge in [0.2, 0.25) is 0 Å². The number of ether oxygens (including phenoxy) is 1. The van der Waals surface area contributed by atoms with Crippen LogP contribution in [0.4, 0.5) is 28.9 Å². The van der Waals surface area contributed by atoms with Crippen molar-refractivity contribution in [1.82, 2.24) is 5.06 Å². The molecule has 1 unspecified atom stereocenters. The Bertz CT molecular complexity index is 1050. The number of aryl methyl sites for hydroxylation is 1. The van der Waals surface area contributed by atoms with Crippen LogP contribution in [0.15, 0.2) is 48.7 Å². The van der Waals surface area contributed by atoms with Crippen molar-refractivity contribution < 1.29 is 31.9 Å². The zero-order valence-electron chi connectivity index (χ0n) is 17.9. The Morgan fingerprint density at radius 3 is 2.64 bits per heavy atom. The van der Waals surface area contributed by atoms with E-state index in [1.165, 1.54) is 18.4 Å². The SMILES string of the molecule is Cc1ccc(NC(=O)c2cc(F)cc(N3CCOCC3)c2)cc1C1C=CON1CC(F)(F)F. The molecule has 2 aromatic rings. The Hall–Kier alpha value is -3.11. The Morgan fingerprint density at radius 2 is 1.91 bits per heavy atom. The van der Waals surface area contributed by atoms with Crippen molar-refractivity contribution in [2.45, 2.75) is 19.1 Å². The van der Waals surface area contributed by atoms with Crippen LogP contribution < -0.4 is 10.2 Å². The molecule has 6 nitrogen and oxygen atoms in total. The van der Waals surface area contributed by atoms with E-state index in [1.807, 2.05) is 4.90 Å². The van der Waals surface area contributed by atoms with Gasteiger partial charge in [-0.15, -0.1) is 5.06 Å². The quantitative estimate of drug-likeness (QED) is 0.655. The normalized spacial score (nSPS) is 18.9. The molecule has 2 heterocycles. The minimum Gasteiger partial charge on any atom is -0.413 e. The number of nitrogens with zero attached hydrogens (tertiary/aromatic N) is 2. The highest BCUT2D eigenvalue weighted by Gasteiger charge is 2.37. The smallest absolute Gasteiger partial charge is 0.404 e. The first-order valence-electron chi connectivity index (χ1n) is 10.4. The van der Waals surface area contributed by atoms with Gasteiger partial charge < -0.3 is 19.8 Å². The Balaban J connectivity index is 1.53. The first kappa shape index (κ1) is 23.1. The van der Waals surface area contributed by atoms with Gasteiger partial charge in [-0.2, -0.15) is 13.2 Å². The van der Waals surface area contributed by atoms with Crippen molar-refractivity contribution in [3.05, 3.63) is 71.2 Å². The highest BCUT2D eigenvalue weighted by Crippen LogP contribution is 2.34. The Kier molecular flexibility index (Phi) is 6.57. The third-order valence-electron chi connectivity index (χ3n) is 5.48. The average Bonchev–Trinajstić information content (AvgIpc) is 3.21. The zero-order chi connectivity index (χ0) is 23.6. The molecule has 2 aliphatic heterocycles. The second-order valence-electron chi connectivity index (χ2n) is 7.89. The van der Waals surface area contributed by atoms with E-state index in [4.69, 9.17) is 9.57 Å². The molecular weight excluding hydrogens is 442 g/mol. The van der Waals surface area contributed by atoms with Crippen LogP contribution in [0.5, 0.6) is 0 Å². The number of carbonyl (C=O) groups excluding carboxylic acids is 1. The van der Waals surface area contributed by atoms with E-state index in [0.29, 0.717) is 43.2 Å². The monoisotopic (exact) mass is 465 g/mol. The lowest BCUT2D eigenvalue weighted by molar-refractivity contribution is -0.213. The maximum absolute atomic E-state index is 14.2. The number of hydrogen-bond acceptors (Lipinski definition) is 5. The zero-order valence-corrected chi connectivity index (χ0v) is 17.9. The van der Waals surface area contributed by atoms with E-state index in [9.17, 15) is 22.4 Å². The first-order chi connectivity index (χ1) is 15.7. The average molecular weight is 465 g/mol. The van der Waals surface area contributed by atoms with E-state index >= 15 is 0 Å². The van der Waals surface area contributed by atoms with Gasteiger partial charge in [0.1, 0.15) is 18.6 Å². The largest absolute Gasteiger partial charge is 0.413 e. The summed E-state index contributed by atoms with van der Waals surface area (Å²) in [5.74, 6) is -1.06. The van der Waals surface area contributed by atoms with Crippen molar-refractivity contribution >= 4 is 17.3 Å². The molecule has 0 radical (unpaired) electrons. The molecular formula is C23H23F4N3O3. The van der Waals surface area contributed by atoms with E-state index < -0.39 is 30.5 Å². The lowest BCUT2D eigenvalue weighted by Crippen LogP contribution is -2.36. The predicted octanol–water partition coefficient (Wildman–Crippen LogP) is 4.59. The van der Waals surface area contributed by atoms with Crippen LogP contribution >= 0.6 is 0 Å². The van der Waals surface area contributed by atoms with Crippen LogP contribution in [0.25, 0.3) is 0 Å². The molecule has 1 amide bonds. The number of anilines is 2. The summed E-state index contributed by atoms with van der Waals surface area (Å²) < 4.78 is 58.2. The van der Waals surface area contributed by atoms with Crippen molar-refractivity contribution in [3.63, 3.8) is 0 Å². The molecule has 2 aromatic carbocycles. The van der Waals surface area contributed by atoms with Crippen LogP contribution in [-0.2, 0) is 9.57 Å². The van der Waals surface area contributed by atoms with Crippen molar-refractivity contribution in [1.29, 1.82) is 0 Å². The molecule has 0 aliphatic carbocycles. The number of hydrogen-bond donors (Lipinski definition) is 1. The lowest BCUT2D eigenvalue weighted by atomic mass is 10.00. The highest BCUT2D eigenvalue weighted by atomic mass is 19.4. The van der Waals surface area contributed by atoms with E-state index in [0.717, 1.165) is 16.7 Å². The molecule has 176 valence electrons. The van der Waals surface area contributed by atoms with Gasteiger partial charge in [0.15, 0.2) is 0 Å². The first-order valence-corrected chi connectivity index (χ1v) is 10.4. The number of nitrogens with one attached hydrogen (secondary N) is 1. The van der Waals surface area contributed by atoms with Gasteiger partial charge in [-0.1, -0.05) is 6.07 Å². The fraction of sp³-hybridized carbons (Fsp3) is 0.348. The number of hydroxylamine groups is 2. The maximum Gasteiger partial charge on any atom is 0.404 e. The molecule has 0 aromatic heterocycles. The van der Waals surface area contributed by atoms with Crippen molar-refractivity contribution in [3.8, 4) is 0 Å². The predicted molar refractivity (Wildman–Crippen MR) is 114 cm³/mol. The molecule has 4 rings (SSSR count). The topological polar surface area (TPSA) is 54.0 Å². The maximum atomic E-state index is 14.2. The van der Waals surface area contributed by atoms with Gasteiger partial charge >= 0.3 is 6.18 Å². The third-order valence-corrected chi connectivity index (χ3v) is 5.48. The Morgan fingerprint density at radius 1 is 1.15 bits per heavy atom. The summed E-state index contributed by atoms with van der Waals surface area (Å²) in [7, 11) is 0. The summed E-state index contributed by atoms with van der Waals surface area (Å²) in [5.41, 5.74) is 2.40. The molecule has 33 heavy (non-hydrogen) atoms. The fourth-order valence-electron chi connectivity index (χ4n) is 3.87. The molecule has 0 bridgehead atoms. The fourth-order valence-corrected chi connectivity index (χ4v) is 3.87. The van der Waals surface area contributed by atoms with Crippen molar-refractivity contribution in [2.24, 2.45) is 0 Å². The summed E-state index contributed by atoms with van der Waals surface area (Å²) >= 11 is 0. The van der Waals surface area contributed by atoms with Crippen molar-refractivity contribution in [2.75, 3.05) is 43.1 Å². The number of alkyl halides is 3. The van der Waals surface area contributed by atoms with Gasteiger partial charge in [-0.05, 0) is 54.5 Å². The number of carbonyl (C=O) groups is 1. The minimum atomic E-state index is -4.43. The number of halogens is 4. The van der Waals surface area contributed by atoms with Crippen LogP contribution in [0, 0.1) is 12.7 Å². The molecule has 1 N–H and O–H groups in total. The number of benzene rings is 2. The number of rotatable bonds is 5. The van der Waals surface area contributed by atoms with Gasteiger partial charge in [-0.3, -0.25) is 4.79 Å². The summed E-state index contributed by atoms with van der Waals surface area (Å²) in [6, 6.07) is 8.31. The van der Waals surface area contributed by atoms with Crippen LogP contribution in [0.2, 0.25) is 0 Å². The lowest BCUT2D eigenvalue weighted by Gasteiger charge is -2.29. The standard InChI is InChI=1S/C23H23F4N3O3/c1-15-2-3-18(13-20(15)21-4-7-33-30(21)14-23(25,26)27)28-22(31)16-10-17(24)12-19(11-16)29-5-8-32-9-6-29/h2-4,7,10-13,21H,5-6,8-9,14H2,1H3,(H,28,31). The van der Waals surface area contributed by atoms with Gasteiger partial charge in [0, 0.05) is 30.0 Å². The molecule has 0 saturated carbocycles. The molecule has 10 heteroatoms.